The van der Waals surface area contributed by atoms with Crippen molar-refractivity contribution >= 4 is 0 Å². The molecule has 0 bridgehead atoms. The number of benzene rings is 1. The molecule has 0 saturated carbocycles. The molecule has 0 aliphatic carbocycles. The van der Waals surface area contributed by atoms with Crippen LogP contribution in [-0.2, 0) is 11.3 Å². The van der Waals surface area contributed by atoms with E-state index in [1.807, 2.05) is 36.4 Å². The normalized spacial score (nSPS) is 10.2. The number of nitrogens with one attached hydrogen (secondary N) is 1. The number of rotatable bonds is 3. The van der Waals surface area contributed by atoms with E-state index in [1.54, 1.807) is 14.0 Å². The van der Waals surface area contributed by atoms with Crippen LogP contribution in [0.4, 0.5) is 0 Å². The van der Waals surface area contributed by atoms with Crippen LogP contribution in [0.15, 0.2) is 35.1 Å². The van der Waals surface area contributed by atoms with E-state index >= 15 is 0 Å². The molecule has 0 saturated heterocycles. The predicted octanol–water partition coefficient (Wildman–Crippen LogP) is 2.37. The number of hydrogen-bond donors (Lipinski definition) is 1. The van der Waals surface area contributed by atoms with E-state index in [2.05, 4.69) is 4.98 Å². The maximum absolute atomic E-state index is 11.7. The van der Waals surface area contributed by atoms with Crippen molar-refractivity contribution in [1.29, 1.82) is 5.26 Å². The molecule has 0 aliphatic heterocycles. The van der Waals surface area contributed by atoms with Crippen molar-refractivity contribution in [3.63, 3.8) is 0 Å². The van der Waals surface area contributed by atoms with Gasteiger partial charge >= 0.3 is 0 Å². The highest BCUT2D eigenvalue weighted by Gasteiger charge is 2.09. The number of aromatic amines is 1. The molecular weight excluding hydrogens is 240 g/mol. The minimum Gasteiger partial charge on any atom is -0.380 e. The van der Waals surface area contributed by atoms with Crippen molar-refractivity contribution in [3.05, 3.63) is 57.5 Å². The smallest absolute Gasteiger partial charge is 0.266 e. The second-order valence-electron chi connectivity index (χ2n) is 4.31. The summed E-state index contributed by atoms with van der Waals surface area (Å²) in [6, 6.07) is 11.4. The van der Waals surface area contributed by atoms with Gasteiger partial charge in [-0.15, -0.1) is 0 Å². The van der Waals surface area contributed by atoms with Crippen LogP contribution in [0.1, 0.15) is 16.8 Å². The van der Waals surface area contributed by atoms with Gasteiger partial charge in [-0.2, -0.15) is 5.26 Å². The second kappa shape index (κ2) is 5.51. The molecule has 1 heterocycles. The zero-order valence-corrected chi connectivity index (χ0v) is 10.9. The van der Waals surface area contributed by atoms with Crippen molar-refractivity contribution in [2.75, 3.05) is 7.11 Å². The van der Waals surface area contributed by atoms with Crippen LogP contribution in [0.3, 0.4) is 0 Å². The van der Waals surface area contributed by atoms with Crippen LogP contribution >= 0.6 is 0 Å². The monoisotopic (exact) mass is 254 g/mol. The predicted molar refractivity (Wildman–Crippen MR) is 72.7 cm³/mol. The van der Waals surface area contributed by atoms with E-state index in [0.29, 0.717) is 12.2 Å². The molecule has 0 spiro atoms. The van der Waals surface area contributed by atoms with E-state index < -0.39 is 0 Å². The van der Waals surface area contributed by atoms with Crippen LogP contribution in [0.2, 0.25) is 0 Å². The minimum absolute atomic E-state index is 0.144. The third-order valence-electron chi connectivity index (χ3n) is 2.86. The average molecular weight is 254 g/mol. The Labute approximate surface area is 111 Å². The largest absolute Gasteiger partial charge is 0.380 e. The first-order valence-corrected chi connectivity index (χ1v) is 5.88. The van der Waals surface area contributed by atoms with Gasteiger partial charge in [-0.05, 0) is 24.1 Å². The molecular formula is C15H14N2O2. The molecule has 0 radical (unpaired) electrons. The van der Waals surface area contributed by atoms with Gasteiger partial charge in [-0.25, -0.2) is 0 Å². The van der Waals surface area contributed by atoms with Gasteiger partial charge in [0.1, 0.15) is 11.6 Å². The number of aromatic nitrogens is 1. The fraction of sp³-hybridized carbons (Fsp3) is 0.200. The van der Waals surface area contributed by atoms with Gasteiger partial charge in [0.25, 0.3) is 5.56 Å². The molecule has 19 heavy (non-hydrogen) atoms. The minimum atomic E-state index is -0.349. The molecule has 2 rings (SSSR count). The first kappa shape index (κ1) is 13.1. The Morgan fingerprint density at radius 1 is 1.32 bits per heavy atom. The maximum Gasteiger partial charge on any atom is 0.266 e. The highest BCUT2D eigenvalue weighted by atomic mass is 16.5. The number of nitriles is 1. The SMILES string of the molecule is COCc1ccc(-c2cc(C)[nH]c(=O)c2C#N)cc1. The molecule has 1 N–H and O–H groups in total. The summed E-state index contributed by atoms with van der Waals surface area (Å²) in [5.74, 6) is 0. The molecule has 0 fully saturated rings. The number of hydrogen-bond acceptors (Lipinski definition) is 3. The van der Waals surface area contributed by atoms with E-state index in [4.69, 9.17) is 10.00 Å². The fourth-order valence-corrected chi connectivity index (χ4v) is 1.97. The summed E-state index contributed by atoms with van der Waals surface area (Å²) in [6.07, 6.45) is 0. The molecule has 0 unspecified atom stereocenters. The van der Waals surface area contributed by atoms with Crippen molar-refractivity contribution in [2.24, 2.45) is 0 Å². The van der Waals surface area contributed by atoms with Gasteiger partial charge in [-0.3, -0.25) is 4.79 Å². The quantitative estimate of drug-likeness (QED) is 0.914. The maximum atomic E-state index is 11.7. The van der Waals surface area contributed by atoms with Gasteiger partial charge in [0.2, 0.25) is 0 Å². The summed E-state index contributed by atoms with van der Waals surface area (Å²) in [4.78, 5) is 14.4. The summed E-state index contributed by atoms with van der Waals surface area (Å²) in [7, 11) is 1.64. The van der Waals surface area contributed by atoms with E-state index in [0.717, 1.165) is 16.8 Å². The van der Waals surface area contributed by atoms with Gasteiger partial charge < -0.3 is 9.72 Å². The van der Waals surface area contributed by atoms with Crippen molar-refractivity contribution in [2.45, 2.75) is 13.5 Å². The molecule has 2 aromatic rings. The lowest BCUT2D eigenvalue weighted by molar-refractivity contribution is 0.185. The van der Waals surface area contributed by atoms with Gasteiger partial charge in [0.05, 0.1) is 6.61 Å². The van der Waals surface area contributed by atoms with Gasteiger partial charge in [0, 0.05) is 18.4 Å². The second-order valence-corrected chi connectivity index (χ2v) is 4.31. The summed E-state index contributed by atoms with van der Waals surface area (Å²) in [5.41, 5.74) is 3.09. The van der Waals surface area contributed by atoms with Crippen molar-refractivity contribution in [3.8, 4) is 17.2 Å². The Kier molecular flexibility index (Phi) is 3.79. The van der Waals surface area contributed by atoms with Crippen LogP contribution in [0, 0.1) is 18.3 Å². The first-order valence-electron chi connectivity index (χ1n) is 5.88. The molecule has 0 aliphatic rings. The molecule has 1 aromatic carbocycles. The Hall–Kier alpha value is -2.38. The molecule has 0 atom stereocenters. The van der Waals surface area contributed by atoms with Crippen molar-refractivity contribution in [1.82, 2.24) is 4.98 Å². The highest BCUT2D eigenvalue weighted by Crippen LogP contribution is 2.22. The Balaban J connectivity index is 2.53. The number of methoxy groups -OCH3 is 1. The molecule has 4 heteroatoms. The van der Waals surface area contributed by atoms with E-state index in [1.165, 1.54) is 0 Å². The molecule has 0 amide bonds. The third kappa shape index (κ3) is 2.72. The van der Waals surface area contributed by atoms with Crippen molar-refractivity contribution < 1.29 is 4.74 Å². The van der Waals surface area contributed by atoms with Crippen LogP contribution < -0.4 is 5.56 Å². The zero-order valence-electron chi connectivity index (χ0n) is 10.9. The third-order valence-corrected chi connectivity index (χ3v) is 2.86. The number of H-pyrrole nitrogens is 1. The Morgan fingerprint density at radius 3 is 2.58 bits per heavy atom. The summed E-state index contributed by atoms with van der Waals surface area (Å²) < 4.78 is 5.05. The Bertz CT molecular complexity index is 679. The average Bonchev–Trinajstić information content (AvgIpc) is 2.39. The first-order chi connectivity index (χ1) is 9.15. The molecule has 4 nitrogen and oxygen atoms in total. The summed E-state index contributed by atoms with van der Waals surface area (Å²) in [6.45, 7) is 2.34. The lowest BCUT2D eigenvalue weighted by atomic mass is 10.00. The van der Waals surface area contributed by atoms with Gasteiger partial charge in [-0.1, -0.05) is 24.3 Å². The Morgan fingerprint density at radius 2 is 2.00 bits per heavy atom. The van der Waals surface area contributed by atoms with Gasteiger partial charge in [0.15, 0.2) is 0 Å². The topological polar surface area (TPSA) is 65.9 Å². The lowest BCUT2D eigenvalue weighted by Gasteiger charge is -2.06. The highest BCUT2D eigenvalue weighted by molar-refractivity contribution is 5.70. The number of pyridine rings is 1. The molecule has 96 valence electrons. The number of nitrogens with zero attached hydrogens (tertiary/aromatic N) is 1. The lowest BCUT2D eigenvalue weighted by Crippen LogP contribution is -2.12. The van der Waals surface area contributed by atoms with Crippen LogP contribution in [-0.4, -0.2) is 12.1 Å². The number of ether oxygens (including phenoxy) is 1. The van der Waals surface area contributed by atoms with E-state index in [9.17, 15) is 4.79 Å². The van der Waals surface area contributed by atoms with Crippen LogP contribution in [0.25, 0.3) is 11.1 Å². The summed E-state index contributed by atoms with van der Waals surface area (Å²) >= 11 is 0. The standard InChI is InChI=1S/C15H14N2O2/c1-10-7-13(14(8-16)15(18)17-10)12-5-3-11(4-6-12)9-19-2/h3-7H,9H2,1-2H3,(H,17,18). The molecule has 1 aromatic heterocycles. The fourth-order valence-electron chi connectivity index (χ4n) is 1.97. The van der Waals surface area contributed by atoms with Crippen LogP contribution in [0.5, 0.6) is 0 Å². The number of aryl methyl sites for hydroxylation is 1. The summed E-state index contributed by atoms with van der Waals surface area (Å²) in [5, 5.41) is 9.10. The van der Waals surface area contributed by atoms with E-state index in [-0.39, 0.29) is 11.1 Å². The zero-order chi connectivity index (χ0) is 13.8.